The first-order valence-electron chi connectivity index (χ1n) is 5.77. The van der Waals surface area contributed by atoms with Gasteiger partial charge in [-0.05, 0) is 45.8 Å². The van der Waals surface area contributed by atoms with E-state index in [9.17, 15) is 9.59 Å². The van der Waals surface area contributed by atoms with Crippen molar-refractivity contribution in [2.45, 2.75) is 31.7 Å². The zero-order valence-electron chi connectivity index (χ0n) is 9.53. The van der Waals surface area contributed by atoms with E-state index in [4.69, 9.17) is 5.11 Å². The number of hydrogen-bond acceptors (Lipinski definition) is 3. The number of amides is 1. The van der Waals surface area contributed by atoms with E-state index in [1.807, 2.05) is 0 Å². The molecule has 0 aromatic carbocycles. The molecule has 1 saturated heterocycles. The van der Waals surface area contributed by atoms with Gasteiger partial charge in [0, 0.05) is 6.04 Å². The van der Waals surface area contributed by atoms with Gasteiger partial charge in [-0.25, -0.2) is 0 Å². The van der Waals surface area contributed by atoms with Gasteiger partial charge in [-0.1, -0.05) is 0 Å². The highest BCUT2D eigenvalue weighted by Gasteiger charge is 2.57. The number of carboxylic acid groups (broad SMARTS) is 1. The number of rotatable bonds is 3. The SMILES string of the molecule is CN1CCC(NC(=O)C2(C(=O)O)CC2)CC1. The number of piperidine rings is 1. The summed E-state index contributed by atoms with van der Waals surface area (Å²) in [5.74, 6) is -1.26. The average molecular weight is 226 g/mol. The minimum absolute atomic E-state index is 0.153. The van der Waals surface area contributed by atoms with Crippen LogP contribution in [0.25, 0.3) is 0 Å². The molecular weight excluding hydrogens is 208 g/mol. The van der Waals surface area contributed by atoms with E-state index in [0.29, 0.717) is 12.8 Å². The maximum absolute atomic E-state index is 11.8. The molecule has 0 bridgehead atoms. The lowest BCUT2D eigenvalue weighted by atomic mass is 10.0. The fraction of sp³-hybridized carbons (Fsp3) is 0.818. The Morgan fingerprint density at radius 2 is 1.88 bits per heavy atom. The Hall–Kier alpha value is -1.10. The molecule has 1 heterocycles. The molecule has 0 unspecified atom stereocenters. The molecule has 16 heavy (non-hydrogen) atoms. The minimum Gasteiger partial charge on any atom is -0.480 e. The molecule has 1 aliphatic heterocycles. The van der Waals surface area contributed by atoms with Crippen molar-refractivity contribution >= 4 is 11.9 Å². The molecule has 2 rings (SSSR count). The third kappa shape index (κ3) is 2.04. The largest absolute Gasteiger partial charge is 0.480 e. The monoisotopic (exact) mass is 226 g/mol. The molecule has 1 amide bonds. The summed E-state index contributed by atoms with van der Waals surface area (Å²) in [5.41, 5.74) is -1.09. The van der Waals surface area contributed by atoms with Gasteiger partial charge in [-0.3, -0.25) is 9.59 Å². The fourth-order valence-corrected chi connectivity index (χ4v) is 2.14. The highest BCUT2D eigenvalue weighted by atomic mass is 16.4. The summed E-state index contributed by atoms with van der Waals surface area (Å²) in [6.07, 6.45) is 2.80. The molecule has 5 heteroatoms. The lowest BCUT2D eigenvalue weighted by Gasteiger charge is -2.30. The van der Waals surface area contributed by atoms with Gasteiger partial charge in [-0.15, -0.1) is 0 Å². The molecule has 0 aromatic heterocycles. The first kappa shape index (κ1) is 11.4. The van der Waals surface area contributed by atoms with E-state index in [2.05, 4.69) is 17.3 Å². The van der Waals surface area contributed by atoms with E-state index in [1.54, 1.807) is 0 Å². The first-order valence-corrected chi connectivity index (χ1v) is 5.77. The second-order valence-electron chi connectivity index (χ2n) is 4.94. The topological polar surface area (TPSA) is 69.6 Å². The van der Waals surface area contributed by atoms with Crippen molar-refractivity contribution in [3.8, 4) is 0 Å². The molecule has 2 N–H and O–H groups in total. The number of carboxylic acids is 1. The number of carbonyl (C=O) groups excluding carboxylic acids is 1. The molecule has 90 valence electrons. The summed E-state index contributed by atoms with van der Waals surface area (Å²) < 4.78 is 0. The Balaban J connectivity index is 1.86. The quantitative estimate of drug-likeness (QED) is 0.668. The van der Waals surface area contributed by atoms with Gasteiger partial charge in [-0.2, -0.15) is 0 Å². The van der Waals surface area contributed by atoms with E-state index in [-0.39, 0.29) is 11.9 Å². The molecule has 0 aromatic rings. The minimum atomic E-state index is -1.09. The summed E-state index contributed by atoms with van der Waals surface area (Å²) >= 11 is 0. The van der Waals surface area contributed by atoms with Gasteiger partial charge < -0.3 is 15.3 Å². The van der Waals surface area contributed by atoms with Crippen molar-refractivity contribution < 1.29 is 14.7 Å². The predicted molar refractivity (Wildman–Crippen MR) is 58.0 cm³/mol. The van der Waals surface area contributed by atoms with Crippen molar-refractivity contribution in [2.24, 2.45) is 5.41 Å². The van der Waals surface area contributed by atoms with Crippen LogP contribution >= 0.6 is 0 Å². The molecule has 2 fully saturated rings. The lowest BCUT2D eigenvalue weighted by molar-refractivity contribution is -0.149. The van der Waals surface area contributed by atoms with Crippen molar-refractivity contribution in [1.29, 1.82) is 0 Å². The van der Waals surface area contributed by atoms with Crippen LogP contribution in [-0.2, 0) is 9.59 Å². The Kier molecular flexibility index (Phi) is 2.88. The molecule has 2 aliphatic rings. The maximum Gasteiger partial charge on any atom is 0.319 e. The molecular formula is C11H18N2O3. The van der Waals surface area contributed by atoms with Crippen LogP contribution in [-0.4, -0.2) is 48.1 Å². The second-order valence-corrected chi connectivity index (χ2v) is 4.94. The highest BCUT2D eigenvalue weighted by molar-refractivity contribution is 6.04. The van der Waals surface area contributed by atoms with Crippen LogP contribution in [0.5, 0.6) is 0 Å². The summed E-state index contributed by atoms with van der Waals surface area (Å²) in [6.45, 7) is 1.93. The third-order valence-corrected chi connectivity index (χ3v) is 3.65. The van der Waals surface area contributed by atoms with E-state index >= 15 is 0 Å². The molecule has 1 aliphatic carbocycles. The lowest BCUT2D eigenvalue weighted by Crippen LogP contribution is -2.47. The Bertz CT molecular complexity index is 304. The fourth-order valence-electron chi connectivity index (χ4n) is 2.14. The van der Waals surface area contributed by atoms with E-state index in [1.165, 1.54) is 0 Å². The van der Waals surface area contributed by atoms with Gasteiger partial charge >= 0.3 is 5.97 Å². The summed E-state index contributed by atoms with van der Waals surface area (Å²) in [5, 5.41) is 11.9. The Morgan fingerprint density at radius 1 is 1.31 bits per heavy atom. The van der Waals surface area contributed by atoms with Crippen LogP contribution in [0.1, 0.15) is 25.7 Å². The first-order chi connectivity index (χ1) is 7.54. The van der Waals surface area contributed by atoms with Crippen molar-refractivity contribution in [3.05, 3.63) is 0 Å². The summed E-state index contributed by atoms with van der Waals surface area (Å²) in [7, 11) is 2.05. The zero-order valence-corrected chi connectivity index (χ0v) is 9.53. The standard InChI is InChI=1S/C11H18N2O3/c1-13-6-2-8(3-7-13)12-9(14)11(4-5-11)10(15)16/h8H,2-7H2,1H3,(H,12,14)(H,15,16). The zero-order chi connectivity index (χ0) is 11.8. The third-order valence-electron chi connectivity index (χ3n) is 3.65. The number of carbonyl (C=O) groups is 2. The van der Waals surface area contributed by atoms with Crippen LogP contribution in [0, 0.1) is 5.41 Å². The van der Waals surface area contributed by atoms with E-state index < -0.39 is 11.4 Å². The molecule has 0 radical (unpaired) electrons. The van der Waals surface area contributed by atoms with E-state index in [0.717, 1.165) is 25.9 Å². The van der Waals surface area contributed by atoms with Gasteiger partial charge in [0.2, 0.25) is 5.91 Å². The number of hydrogen-bond donors (Lipinski definition) is 2. The van der Waals surface area contributed by atoms with Gasteiger partial charge in [0.25, 0.3) is 0 Å². The smallest absolute Gasteiger partial charge is 0.319 e. The number of likely N-dealkylation sites (tertiary alicyclic amines) is 1. The summed E-state index contributed by atoms with van der Waals surface area (Å²) in [4.78, 5) is 25.0. The van der Waals surface area contributed by atoms with Gasteiger partial charge in [0.1, 0.15) is 5.41 Å². The van der Waals surface area contributed by atoms with Crippen LogP contribution in [0.15, 0.2) is 0 Å². The van der Waals surface area contributed by atoms with Gasteiger partial charge in [0.05, 0.1) is 0 Å². The predicted octanol–water partition coefficient (Wildman–Crippen LogP) is 0.0616. The molecule has 0 spiro atoms. The highest BCUT2D eigenvalue weighted by Crippen LogP contribution is 2.46. The van der Waals surface area contributed by atoms with Crippen LogP contribution in [0.4, 0.5) is 0 Å². The van der Waals surface area contributed by atoms with Crippen LogP contribution < -0.4 is 5.32 Å². The molecule has 0 atom stereocenters. The van der Waals surface area contributed by atoms with Crippen molar-refractivity contribution in [2.75, 3.05) is 20.1 Å². The second kappa shape index (κ2) is 4.05. The van der Waals surface area contributed by atoms with Gasteiger partial charge in [0.15, 0.2) is 0 Å². The Morgan fingerprint density at radius 3 is 2.31 bits per heavy atom. The summed E-state index contributed by atoms with van der Waals surface area (Å²) in [6, 6.07) is 0.153. The molecule has 1 saturated carbocycles. The van der Waals surface area contributed by atoms with Crippen molar-refractivity contribution in [1.82, 2.24) is 10.2 Å². The number of nitrogens with one attached hydrogen (secondary N) is 1. The average Bonchev–Trinajstić information content (AvgIpc) is 3.02. The Labute approximate surface area is 94.8 Å². The number of nitrogens with zero attached hydrogens (tertiary/aromatic N) is 1. The normalized spacial score (nSPS) is 25.1. The molecule has 5 nitrogen and oxygen atoms in total. The van der Waals surface area contributed by atoms with Crippen LogP contribution in [0.3, 0.4) is 0 Å². The van der Waals surface area contributed by atoms with Crippen molar-refractivity contribution in [3.63, 3.8) is 0 Å². The number of aliphatic carboxylic acids is 1. The maximum atomic E-state index is 11.8. The van der Waals surface area contributed by atoms with Crippen LogP contribution in [0.2, 0.25) is 0 Å².